The molecule has 0 aromatic carbocycles. The lowest BCUT2D eigenvalue weighted by Gasteiger charge is -2.28. The first kappa shape index (κ1) is 19.8. The van der Waals surface area contributed by atoms with Crippen LogP contribution in [0.4, 0.5) is 0 Å². The van der Waals surface area contributed by atoms with Gasteiger partial charge in [0.2, 0.25) is 6.73 Å². The number of hydrogen-bond donors (Lipinski definition) is 1. The number of hydrogen-bond acceptors (Lipinski definition) is 4. The number of piperidine rings is 1. The average Bonchev–Trinajstić information content (AvgIpc) is 2.64. The van der Waals surface area contributed by atoms with Crippen LogP contribution in [0.5, 0.6) is 0 Å². The molecule has 0 amide bonds. The number of likely N-dealkylation sites (tertiary alicyclic amines) is 1. The molecule has 6 nitrogen and oxygen atoms in total. The summed E-state index contributed by atoms with van der Waals surface area (Å²) in [4.78, 5) is 24.2. The maximum Gasteiger partial charge on any atom is 0.337 e. The average molecular weight is 360 g/mol. The van der Waals surface area contributed by atoms with Crippen molar-refractivity contribution in [3.63, 3.8) is 0 Å². The van der Waals surface area contributed by atoms with Gasteiger partial charge < -0.3 is 14.4 Å². The predicted molar refractivity (Wildman–Crippen MR) is 96.0 cm³/mol. The summed E-state index contributed by atoms with van der Waals surface area (Å²) >= 11 is 0. The van der Waals surface area contributed by atoms with Crippen LogP contribution in [0, 0.1) is 0 Å². The van der Waals surface area contributed by atoms with Crippen LogP contribution < -0.4 is 9.47 Å². The van der Waals surface area contributed by atoms with E-state index in [1.54, 1.807) is 13.8 Å². The zero-order valence-corrected chi connectivity index (χ0v) is 15.6. The Kier molecular flexibility index (Phi) is 7.09. The highest BCUT2D eigenvalue weighted by atomic mass is 16.5. The molecule has 140 valence electrons. The maximum atomic E-state index is 11.5. The van der Waals surface area contributed by atoms with E-state index in [1.807, 2.05) is 17.0 Å². The lowest BCUT2D eigenvalue weighted by molar-refractivity contribution is -0.922. The Morgan fingerprint density at radius 2 is 1.62 bits per heavy atom. The largest absolute Gasteiger partial charge is 0.412 e. The van der Waals surface area contributed by atoms with Gasteiger partial charge in [-0.3, -0.25) is 0 Å². The summed E-state index contributed by atoms with van der Waals surface area (Å²) in [5.74, 6) is -0.202. The van der Waals surface area contributed by atoms with Gasteiger partial charge in [-0.25, -0.2) is 9.59 Å². The minimum atomic E-state index is -0.385. The Morgan fingerprint density at radius 3 is 2.15 bits per heavy atom. The van der Waals surface area contributed by atoms with Crippen LogP contribution in [0.25, 0.3) is 0 Å². The molecule has 1 fully saturated rings. The molecule has 0 atom stereocenters. The number of nitrogens with one attached hydrogen (secondary N) is 1. The van der Waals surface area contributed by atoms with E-state index in [-0.39, 0.29) is 18.7 Å². The number of esters is 2. The zero-order valence-electron chi connectivity index (χ0n) is 15.6. The molecule has 0 aliphatic carbocycles. The van der Waals surface area contributed by atoms with Gasteiger partial charge in [0.05, 0.1) is 13.1 Å². The molecule has 1 aliphatic rings. The lowest BCUT2D eigenvalue weighted by Crippen LogP contribution is -3.13. The standard InChI is InChI=1S/C20H27N2O4/c1-15(2)19(23)25-13-21-9-5-17(6-10-21)18-7-11-22(12-8-18)14-26-20(24)16(3)4/h5-6,9-10,18H,1,3,7-8,11-14H2,2,4H3/q+1/p+1. The fourth-order valence-electron chi connectivity index (χ4n) is 2.88. The number of nitrogens with zero attached hydrogens (tertiary/aromatic N) is 1. The van der Waals surface area contributed by atoms with Crippen LogP contribution in [0.15, 0.2) is 48.8 Å². The molecule has 0 spiro atoms. The summed E-state index contributed by atoms with van der Waals surface area (Å²) in [5, 5.41) is 0. The van der Waals surface area contributed by atoms with Crippen molar-refractivity contribution in [3.8, 4) is 0 Å². The first-order valence-corrected chi connectivity index (χ1v) is 8.84. The fourth-order valence-corrected chi connectivity index (χ4v) is 2.88. The second kappa shape index (κ2) is 9.29. The van der Waals surface area contributed by atoms with Gasteiger partial charge in [0.1, 0.15) is 0 Å². The minimum absolute atomic E-state index is 0.183. The second-order valence-electron chi connectivity index (χ2n) is 6.87. The maximum absolute atomic E-state index is 11.5. The fraction of sp³-hybridized carbons (Fsp3) is 0.450. The molecule has 26 heavy (non-hydrogen) atoms. The highest BCUT2D eigenvalue weighted by Gasteiger charge is 2.24. The van der Waals surface area contributed by atoms with Crippen molar-refractivity contribution in [1.82, 2.24) is 0 Å². The SMILES string of the molecule is C=C(C)C(=O)OC[n+]1ccc(C2CC[NH+](COC(=O)C(=C)C)CC2)cc1. The van der Waals surface area contributed by atoms with Crippen molar-refractivity contribution in [2.75, 3.05) is 19.8 Å². The van der Waals surface area contributed by atoms with Crippen LogP contribution in [0.2, 0.25) is 0 Å². The molecule has 1 aromatic heterocycles. The molecule has 1 aliphatic heterocycles. The van der Waals surface area contributed by atoms with E-state index < -0.39 is 0 Å². The topological polar surface area (TPSA) is 60.9 Å². The van der Waals surface area contributed by atoms with Crippen molar-refractivity contribution < 1.29 is 28.5 Å². The van der Waals surface area contributed by atoms with Gasteiger partial charge in [-0.1, -0.05) is 13.2 Å². The molecule has 0 unspecified atom stereocenters. The summed E-state index contributed by atoms with van der Waals surface area (Å²) in [5.41, 5.74) is 2.11. The highest BCUT2D eigenvalue weighted by Crippen LogP contribution is 2.22. The van der Waals surface area contributed by atoms with Gasteiger partial charge >= 0.3 is 11.9 Å². The third-order valence-corrected chi connectivity index (χ3v) is 4.53. The predicted octanol–water partition coefficient (Wildman–Crippen LogP) is 0.890. The Balaban J connectivity index is 1.78. The Labute approximate surface area is 154 Å². The van der Waals surface area contributed by atoms with Crippen molar-refractivity contribution in [2.45, 2.75) is 39.3 Å². The molecule has 0 saturated carbocycles. The normalized spacial score (nSPS) is 19.5. The Bertz CT molecular complexity index is 674. The van der Waals surface area contributed by atoms with Crippen molar-refractivity contribution in [1.29, 1.82) is 0 Å². The second-order valence-corrected chi connectivity index (χ2v) is 6.87. The summed E-state index contributed by atoms with van der Waals surface area (Å²) < 4.78 is 12.2. The third kappa shape index (κ3) is 5.81. The molecule has 1 N–H and O–H groups in total. The molecule has 2 heterocycles. The molecule has 1 aromatic rings. The van der Waals surface area contributed by atoms with Crippen LogP contribution in [-0.4, -0.2) is 31.8 Å². The van der Waals surface area contributed by atoms with Crippen LogP contribution in [-0.2, 0) is 25.8 Å². The smallest absolute Gasteiger partial charge is 0.337 e. The van der Waals surface area contributed by atoms with Gasteiger partial charge in [-0.05, 0) is 25.3 Å². The van der Waals surface area contributed by atoms with Gasteiger partial charge in [-0.2, -0.15) is 4.57 Å². The summed E-state index contributed by atoms with van der Waals surface area (Å²) in [6.45, 7) is 13.0. The first-order chi connectivity index (χ1) is 12.4. The summed E-state index contributed by atoms with van der Waals surface area (Å²) in [7, 11) is 0. The number of aromatic nitrogens is 1. The number of quaternary nitrogens is 1. The monoisotopic (exact) mass is 360 g/mol. The molecule has 2 rings (SSSR count). The number of carbonyl (C=O) groups is 2. The van der Waals surface area contributed by atoms with Crippen LogP contribution in [0.1, 0.15) is 38.2 Å². The van der Waals surface area contributed by atoms with E-state index in [0.29, 0.717) is 23.8 Å². The van der Waals surface area contributed by atoms with Crippen molar-refractivity contribution in [2.24, 2.45) is 0 Å². The molecule has 6 heteroatoms. The highest BCUT2D eigenvalue weighted by molar-refractivity contribution is 5.87. The van der Waals surface area contributed by atoms with Crippen LogP contribution in [0.3, 0.4) is 0 Å². The Morgan fingerprint density at radius 1 is 1.08 bits per heavy atom. The number of rotatable bonds is 7. The molecular weight excluding hydrogens is 332 g/mol. The Hall–Kier alpha value is -2.47. The first-order valence-electron chi connectivity index (χ1n) is 8.84. The minimum Gasteiger partial charge on any atom is -0.412 e. The number of ether oxygens (including phenoxy) is 2. The third-order valence-electron chi connectivity index (χ3n) is 4.53. The number of carbonyl (C=O) groups excluding carboxylic acids is 2. The zero-order chi connectivity index (χ0) is 19.1. The molecule has 0 radical (unpaired) electrons. The van der Waals surface area contributed by atoms with E-state index >= 15 is 0 Å². The quantitative estimate of drug-likeness (QED) is 0.446. The van der Waals surface area contributed by atoms with Crippen molar-refractivity contribution >= 4 is 11.9 Å². The summed E-state index contributed by atoms with van der Waals surface area (Å²) in [6, 6.07) is 4.15. The van der Waals surface area contributed by atoms with Gasteiger partial charge in [0.15, 0.2) is 12.4 Å². The summed E-state index contributed by atoms with van der Waals surface area (Å²) in [6.07, 6.45) is 5.95. The molecular formula is C20H28N2O4+2. The van der Waals surface area contributed by atoms with E-state index in [2.05, 4.69) is 25.3 Å². The lowest BCUT2D eigenvalue weighted by atomic mass is 9.90. The van der Waals surface area contributed by atoms with E-state index in [4.69, 9.17) is 9.47 Å². The number of pyridine rings is 1. The molecule has 0 bridgehead atoms. The van der Waals surface area contributed by atoms with Crippen LogP contribution >= 0.6 is 0 Å². The molecule has 1 saturated heterocycles. The van der Waals surface area contributed by atoms with Gasteiger partial charge in [-0.15, -0.1) is 0 Å². The van der Waals surface area contributed by atoms with E-state index in [0.717, 1.165) is 25.9 Å². The van der Waals surface area contributed by atoms with E-state index in [9.17, 15) is 9.59 Å². The van der Waals surface area contributed by atoms with Crippen molar-refractivity contribution in [3.05, 3.63) is 54.4 Å². The van der Waals surface area contributed by atoms with E-state index in [1.165, 1.54) is 10.5 Å². The van der Waals surface area contributed by atoms with Gasteiger partial charge in [0.25, 0.3) is 6.73 Å². The van der Waals surface area contributed by atoms with Gasteiger partial charge in [0, 0.05) is 36.1 Å².